The van der Waals surface area contributed by atoms with E-state index in [4.69, 9.17) is 9.52 Å². The first-order valence-corrected chi connectivity index (χ1v) is 5.07. The van der Waals surface area contributed by atoms with Crippen molar-refractivity contribution in [1.82, 2.24) is 10.2 Å². The van der Waals surface area contributed by atoms with Crippen LogP contribution < -0.4 is 0 Å². The summed E-state index contributed by atoms with van der Waals surface area (Å²) in [6.07, 6.45) is 1.34. The van der Waals surface area contributed by atoms with Crippen molar-refractivity contribution in [1.29, 1.82) is 0 Å². The SMILES string of the molecule is Cc1nnc(/C(=C/c2ccc(F)cc2)C(=O)O)o1. The van der Waals surface area contributed by atoms with Crippen LogP contribution >= 0.6 is 0 Å². The molecular formula is C12H9FN2O3. The zero-order valence-corrected chi connectivity index (χ0v) is 9.42. The molecule has 0 fully saturated rings. The van der Waals surface area contributed by atoms with E-state index < -0.39 is 11.8 Å². The zero-order chi connectivity index (χ0) is 13.1. The highest BCUT2D eigenvalue weighted by Crippen LogP contribution is 2.17. The van der Waals surface area contributed by atoms with Crippen LogP contribution in [0, 0.1) is 12.7 Å². The fourth-order valence-electron chi connectivity index (χ4n) is 1.35. The lowest BCUT2D eigenvalue weighted by Crippen LogP contribution is -2.00. The molecule has 0 bridgehead atoms. The number of nitrogens with zero attached hydrogens (tertiary/aromatic N) is 2. The minimum Gasteiger partial charge on any atom is -0.477 e. The van der Waals surface area contributed by atoms with E-state index in [0.29, 0.717) is 5.56 Å². The van der Waals surface area contributed by atoms with Crippen LogP contribution in [-0.4, -0.2) is 21.3 Å². The standard InChI is InChI=1S/C12H9FN2O3/c1-7-14-15-11(18-7)10(12(16)17)6-8-2-4-9(13)5-3-8/h2-6H,1H3,(H,16,17)/b10-6-. The summed E-state index contributed by atoms with van der Waals surface area (Å²) in [5.41, 5.74) is 0.395. The van der Waals surface area contributed by atoms with Crippen molar-refractivity contribution in [3.63, 3.8) is 0 Å². The van der Waals surface area contributed by atoms with Gasteiger partial charge < -0.3 is 9.52 Å². The molecule has 0 saturated heterocycles. The average molecular weight is 248 g/mol. The van der Waals surface area contributed by atoms with Crippen LogP contribution in [0.25, 0.3) is 11.6 Å². The van der Waals surface area contributed by atoms with Crippen LogP contribution in [0.1, 0.15) is 17.3 Å². The number of hydrogen-bond donors (Lipinski definition) is 1. The number of halogens is 1. The summed E-state index contributed by atoms with van der Waals surface area (Å²) in [6.45, 7) is 1.56. The number of carbonyl (C=O) groups is 1. The van der Waals surface area contributed by atoms with Crippen LogP contribution in [0.2, 0.25) is 0 Å². The number of benzene rings is 1. The van der Waals surface area contributed by atoms with Crippen LogP contribution in [0.15, 0.2) is 28.7 Å². The lowest BCUT2D eigenvalue weighted by molar-refractivity contribution is -0.130. The van der Waals surface area contributed by atoms with Gasteiger partial charge in [0.15, 0.2) is 0 Å². The molecule has 2 aromatic rings. The van der Waals surface area contributed by atoms with E-state index in [1.54, 1.807) is 6.92 Å². The van der Waals surface area contributed by atoms with Crippen LogP contribution in [0.5, 0.6) is 0 Å². The summed E-state index contributed by atoms with van der Waals surface area (Å²) < 4.78 is 17.8. The van der Waals surface area contributed by atoms with E-state index >= 15 is 0 Å². The summed E-state index contributed by atoms with van der Waals surface area (Å²) in [6, 6.07) is 5.40. The number of aromatic nitrogens is 2. The van der Waals surface area contributed by atoms with Gasteiger partial charge in [-0.25, -0.2) is 9.18 Å². The molecule has 0 aliphatic carbocycles. The minimum atomic E-state index is -1.19. The van der Waals surface area contributed by atoms with E-state index in [1.807, 2.05) is 0 Å². The summed E-state index contributed by atoms with van der Waals surface area (Å²) in [4.78, 5) is 11.1. The third-order valence-corrected chi connectivity index (χ3v) is 2.17. The molecular weight excluding hydrogens is 239 g/mol. The molecule has 5 nitrogen and oxygen atoms in total. The van der Waals surface area contributed by atoms with Crippen molar-refractivity contribution in [2.24, 2.45) is 0 Å². The van der Waals surface area contributed by atoms with Crippen molar-refractivity contribution < 1.29 is 18.7 Å². The molecule has 0 aliphatic rings. The largest absolute Gasteiger partial charge is 0.477 e. The molecule has 1 heterocycles. The Balaban J connectivity index is 2.42. The molecule has 0 saturated carbocycles. The van der Waals surface area contributed by atoms with Crippen LogP contribution in [-0.2, 0) is 4.79 Å². The normalized spacial score (nSPS) is 11.6. The highest BCUT2D eigenvalue weighted by atomic mass is 19.1. The van der Waals surface area contributed by atoms with Gasteiger partial charge in [-0.15, -0.1) is 10.2 Å². The summed E-state index contributed by atoms with van der Waals surface area (Å²) in [5.74, 6) is -1.39. The molecule has 92 valence electrons. The van der Waals surface area contributed by atoms with Crippen molar-refractivity contribution >= 4 is 17.6 Å². The van der Waals surface area contributed by atoms with E-state index in [1.165, 1.54) is 30.3 Å². The Morgan fingerprint density at radius 2 is 2.00 bits per heavy atom. The maximum atomic E-state index is 12.7. The highest BCUT2D eigenvalue weighted by molar-refractivity contribution is 6.19. The summed E-state index contributed by atoms with van der Waals surface area (Å²) >= 11 is 0. The first-order chi connectivity index (χ1) is 8.56. The maximum absolute atomic E-state index is 12.7. The van der Waals surface area contributed by atoms with Crippen molar-refractivity contribution in [2.45, 2.75) is 6.92 Å². The maximum Gasteiger partial charge on any atom is 0.341 e. The second-order valence-electron chi connectivity index (χ2n) is 3.54. The zero-order valence-electron chi connectivity index (χ0n) is 9.42. The Hall–Kier alpha value is -2.50. The van der Waals surface area contributed by atoms with Crippen molar-refractivity contribution in [3.8, 4) is 0 Å². The first-order valence-electron chi connectivity index (χ1n) is 5.07. The van der Waals surface area contributed by atoms with Gasteiger partial charge in [0.2, 0.25) is 5.89 Å². The van der Waals surface area contributed by atoms with Gasteiger partial charge in [-0.1, -0.05) is 12.1 Å². The molecule has 0 amide bonds. The van der Waals surface area contributed by atoms with Crippen LogP contribution in [0.4, 0.5) is 4.39 Å². The van der Waals surface area contributed by atoms with Crippen molar-refractivity contribution in [2.75, 3.05) is 0 Å². The van der Waals surface area contributed by atoms with E-state index in [9.17, 15) is 9.18 Å². The molecule has 0 spiro atoms. The van der Waals surface area contributed by atoms with Crippen LogP contribution in [0.3, 0.4) is 0 Å². The van der Waals surface area contributed by atoms with Gasteiger partial charge in [-0.05, 0) is 23.8 Å². The number of hydrogen-bond acceptors (Lipinski definition) is 4. The third kappa shape index (κ3) is 2.60. The molecule has 1 N–H and O–H groups in total. The molecule has 0 aliphatic heterocycles. The van der Waals surface area contributed by atoms with Crippen molar-refractivity contribution in [3.05, 3.63) is 47.4 Å². The fourth-order valence-corrected chi connectivity index (χ4v) is 1.35. The van der Waals surface area contributed by atoms with Gasteiger partial charge in [-0.3, -0.25) is 0 Å². The van der Waals surface area contributed by atoms with E-state index in [0.717, 1.165) is 0 Å². The number of carboxylic acids is 1. The molecule has 0 radical (unpaired) electrons. The Morgan fingerprint density at radius 1 is 1.33 bits per heavy atom. The van der Waals surface area contributed by atoms with Gasteiger partial charge in [0.1, 0.15) is 11.4 Å². The fraction of sp³-hybridized carbons (Fsp3) is 0.0833. The quantitative estimate of drug-likeness (QED) is 0.842. The van der Waals surface area contributed by atoms with E-state index in [-0.39, 0.29) is 17.4 Å². The number of aliphatic carboxylic acids is 1. The minimum absolute atomic E-state index is 0.0793. The predicted molar refractivity (Wildman–Crippen MR) is 60.9 cm³/mol. The molecule has 18 heavy (non-hydrogen) atoms. The molecule has 1 aromatic heterocycles. The third-order valence-electron chi connectivity index (χ3n) is 2.17. The van der Waals surface area contributed by atoms with Gasteiger partial charge >= 0.3 is 5.97 Å². The number of aryl methyl sites for hydroxylation is 1. The lowest BCUT2D eigenvalue weighted by Gasteiger charge is -1.97. The average Bonchev–Trinajstić information content (AvgIpc) is 2.74. The van der Waals surface area contributed by atoms with E-state index in [2.05, 4.69) is 10.2 Å². The van der Waals surface area contributed by atoms with Gasteiger partial charge in [0.05, 0.1) is 0 Å². The van der Waals surface area contributed by atoms with Gasteiger partial charge in [-0.2, -0.15) is 0 Å². The first kappa shape index (κ1) is 12.0. The number of rotatable bonds is 3. The lowest BCUT2D eigenvalue weighted by atomic mass is 10.1. The van der Waals surface area contributed by atoms with Gasteiger partial charge in [0, 0.05) is 6.92 Å². The molecule has 1 aromatic carbocycles. The predicted octanol–water partition coefficient (Wildman–Crippen LogP) is 2.14. The highest BCUT2D eigenvalue weighted by Gasteiger charge is 2.16. The van der Waals surface area contributed by atoms with Gasteiger partial charge in [0.25, 0.3) is 5.89 Å². The second-order valence-corrected chi connectivity index (χ2v) is 3.54. The molecule has 0 atom stereocenters. The number of carboxylic acid groups (broad SMARTS) is 1. The smallest absolute Gasteiger partial charge is 0.341 e. The Morgan fingerprint density at radius 3 is 2.50 bits per heavy atom. The second kappa shape index (κ2) is 4.79. The Labute approximate surface area is 102 Å². The Kier molecular flexibility index (Phi) is 3.18. The monoisotopic (exact) mass is 248 g/mol. The topological polar surface area (TPSA) is 76.2 Å². The molecule has 6 heteroatoms. The summed E-state index contributed by atoms with van der Waals surface area (Å²) in [5, 5.41) is 16.3. The molecule has 2 rings (SSSR count). The Bertz CT molecular complexity index is 602. The summed E-state index contributed by atoms with van der Waals surface area (Å²) in [7, 11) is 0. The molecule has 0 unspecified atom stereocenters.